The molecule has 7 heterocycles. The van der Waals surface area contributed by atoms with Crippen molar-refractivity contribution in [1.82, 2.24) is 38.6 Å². The number of benzene rings is 14. The molecule has 0 aliphatic carbocycles. The number of hydrogen-bond donors (Lipinski definition) is 3. The maximum absolute atomic E-state index is 9.15. The summed E-state index contributed by atoms with van der Waals surface area (Å²) in [6.07, 6.45) is 3.64. The maximum Gasteiger partial charge on any atom is 0.569 e. The Labute approximate surface area is 694 Å². The first-order valence-corrected chi connectivity index (χ1v) is 39.3. The standard InChI is InChI=1S/C35H24BN2O2.2C34H23BN3O2/c39-36-40-29-18-19-35-31(23-29)30-16-7-8-17-34(30)38(35)28-15-9-14-26(20-28)33-22-27(24-10-3-1-4-11-24)21-32(37-33)25-12-5-2-6-13-25;39-35-40-27-18-19-33-29(21-27)28-16-7-8-17-32(28)38(33)26-15-9-14-25(20-26)31-22-30(23-10-3-1-4-11-23)36-34(37-31)24-12-5-2-6-13-24;39-35-40-28-14-15-34-30(22-28)29-10-1-2-13-33(29)38(34)27-9-7-8-23(21-27)24-18-25(31-11-3-5-16-36-31)20-26(19-24)32-12-4-6-17-37-32/h1-23,39H;2*1-22,39H. The highest BCUT2D eigenvalue weighted by atomic mass is 16.5. The molecule has 21 rings (SSSR count). The van der Waals surface area contributed by atoms with E-state index in [9.17, 15) is 0 Å². The summed E-state index contributed by atoms with van der Waals surface area (Å²) in [6.45, 7) is 0. The largest absolute Gasteiger partial charge is 0.569 e. The van der Waals surface area contributed by atoms with Gasteiger partial charge in [-0.2, -0.15) is 0 Å². The number of rotatable bonds is 18. The first-order valence-electron chi connectivity index (χ1n) is 39.3. The monoisotopic (exact) mass is 1550 g/mol. The Bertz CT molecular complexity index is 6430. The van der Waals surface area contributed by atoms with Gasteiger partial charge in [-0.3, -0.25) is 9.97 Å². The van der Waals surface area contributed by atoms with Gasteiger partial charge in [0, 0.05) is 101 Å². The second-order valence-corrected chi connectivity index (χ2v) is 28.7. The molecule has 0 saturated heterocycles. The van der Waals surface area contributed by atoms with Gasteiger partial charge in [-0.15, -0.1) is 0 Å². The van der Waals surface area contributed by atoms with Crippen LogP contribution < -0.4 is 14.0 Å². The van der Waals surface area contributed by atoms with E-state index in [0.717, 1.165) is 178 Å². The molecular formula is C103H70B3N8O6. The summed E-state index contributed by atoms with van der Waals surface area (Å²) in [5.74, 6) is 2.43. The quantitative estimate of drug-likeness (QED) is 0.0700. The van der Waals surface area contributed by atoms with E-state index >= 15 is 0 Å². The van der Waals surface area contributed by atoms with Crippen LogP contribution in [0, 0.1) is 0 Å². The molecule has 0 unspecified atom stereocenters. The fraction of sp³-hybridized carbons (Fsp3) is 0. The van der Waals surface area contributed by atoms with Gasteiger partial charge in [0.25, 0.3) is 0 Å². The van der Waals surface area contributed by atoms with Gasteiger partial charge in [-0.05, 0) is 192 Å². The van der Waals surface area contributed by atoms with Crippen LogP contribution in [-0.2, 0) is 0 Å². The molecule has 0 aliphatic rings. The zero-order valence-electron chi connectivity index (χ0n) is 64.6. The smallest absolute Gasteiger partial charge is 0.537 e. The second kappa shape index (κ2) is 33.7. The molecule has 0 bridgehead atoms. The Morgan fingerprint density at radius 2 is 0.517 bits per heavy atom. The Kier molecular flexibility index (Phi) is 21.0. The number of fused-ring (bicyclic) bond motifs is 9. The topological polar surface area (TPSA) is 168 Å². The van der Waals surface area contributed by atoms with Crippen LogP contribution in [0.15, 0.2) is 407 Å². The van der Waals surface area contributed by atoms with E-state index in [2.05, 4.69) is 230 Å². The molecule has 3 N–H and O–H groups in total. The summed E-state index contributed by atoms with van der Waals surface area (Å²) < 4.78 is 22.6. The molecule has 0 spiro atoms. The summed E-state index contributed by atoms with van der Waals surface area (Å²) in [4.78, 5) is 24.3. The van der Waals surface area contributed by atoms with E-state index in [1.54, 1.807) is 0 Å². The van der Waals surface area contributed by atoms with Crippen molar-refractivity contribution in [3.63, 3.8) is 0 Å². The minimum Gasteiger partial charge on any atom is -0.537 e. The average molecular weight is 1550 g/mol. The predicted molar refractivity (Wildman–Crippen MR) is 486 cm³/mol. The molecule has 3 radical (unpaired) electrons. The number of aromatic nitrogens is 8. The molecule has 14 aromatic carbocycles. The predicted octanol–water partition coefficient (Wildman–Crippen LogP) is 23.0. The van der Waals surface area contributed by atoms with Gasteiger partial charge in [-0.25, -0.2) is 15.0 Å². The van der Waals surface area contributed by atoms with E-state index in [-0.39, 0.29) is 0 Å². The fourth-order valence-corrected chi connectivity index (χ4v) is 16.0. The lowest BCUT2D eigenvalue weighted by Gasteiger charge is -2.13. The van der Waals surface area contributed by atoms with Gasteiger partial charge in [0.15, 0.2) is 5.82 Å². The molecule has 0 amide bonds. The number of pyridine rings is 3. The van der Waals surface area contributed by atoms with Crippen LogP contribution in [0.2, 0.25) is 0 Å². The number of para-hydroxylation sites is 3. The molecular weight excluding hydrogens is 1480 g/mol. The van der Waals surface area contributed by atoms with Crippen molar-refractivity contribution >= 4 is 88.5 Å². The highest BCUT2D eigenvalue weighted by molar-refractivity contribution is 6.19. The highest BCUT2D eigenvalue weighted by Crippen LogP contribution is 2.42. The Morgan fingerprint density at radius 1 is 0.200 bits per heavy atom. The van der Waals surface area contributed by atoms with Crippen LogP contribution in [0.5, 0.6) is 17.2 Å². The van der Waals surface area contributed by atoms with Crippen molar-refractivity contribution in [1.29, 1.82) is 0 Å². The van der Waals surface area contributed by atoms with Crippen molar-refractivity contribution in [2.75, 3.05) is 0 Å². The molecule has 17 heteroatoms. The molecule has 0 atom stereocenters. The average Bonchev–Trinajstić information content (AvgIpc) is 1.60. The first-order chi connectivity index (χ1) is 59.3. The summed E-state index contributed by atoms with van der Waals surface area (Å²) in [5, 5.41) is 33.9. The zero-order valence-corrected chi connectivity index (χ0v) is 64.6. The number of hydrogen-bond acceptors (Lipinski definition) is 11. The third kappa shape index (κ3) is 15.2. The van der Waals surface area contributed by atoms with Gasteiger partial charge in [0.2, 0.25) is 0 Å². The third-order valence-electron chi connectivity index (χ3n) is 21.4. The molecule has 0 fully saturated rings. The molecule has 120 heavy (non-hydrogen) atoms. The van der Waals surface area contributed by atoms with Crippen molar-refractivity contribution in [2.45, 2.75) is 0 Å². The van der Waals surface area contributed by atoms with Gasteiger partial charge in [0.1, 0.15) is 17.2 Å². The Hall–Kier alpha value is -15.5. The van der Waals surface area contributed by atoms with E-state index < -0.39 is 0 Å². The SMILES string of the molecule is O[B]Oc1ccc2c(c1)c1ccccc1n2-c1cccc(-c2cc(-c3ccccc3)cc(-c3ccccc3)n2)c1.O[B]Oc1ccc2c(c1)c1ccccc1n2-c1cccc(-c2cc(-c3ccccc3)nc(-c3ccccc3)n2)c1.O[B]Oc1ccc2c(c1)c1ccccc1n2-c1cccc(-c2cc(-c3ccccn3)cc(-c3ccccn3)c2)c1. The van der Waals surface area contributed by atoms with Crippen LogP contribution in [-0.4, -0.2) is 76.7 Å². The number of nitrogens with zero attached hydrogens (tertiary/aromatic N) is 8. The van der Waals surface area contributed by atoms with Crippen LogP contribution in [0.1, 0.15) is 0 Å². The first kappa shape index (κ1) is 74.6. The minimum absolute atomic E-state index is 0.578. The van der Waals surface area contributed by atoms with Crippen LogP contribution in [0.4, 0.5) is 0 Å². The lowest BCUT2D eigenvalue weighted by molar-refractivity contribution is 0.453. The summed E-state index contributed by atoms with van der Waals surface area (Å²) in [6, 6.07) is 134. The Balaban J connectivity index is 0.000000119. The molecule has 567 valence electrons. The lowest BCUT2D eigenvalue weighted by atomic mass is 9.96. The third-order valence-corrected chi connectivity index (χ3v) is 21.4. The normalized spacial score (nSPS) is 11.1. The zero-order chi connectivity index (χ0) is 80.7. The summed E-state index contributed by atoms with van der Waals surface area (Å²) in [7, 11) is 2.13. The molecule has 7 aromatic heterocycles. The van der Waals surface area contributed by atoms with Crippen molar-refractivity contribution in [3.05, 3.63) is 407 Å². The van der Waals surface area contributed by atoms with Crippen LogP contribution >= 0.6 is 0 Å². The van der Waals surface area contributed by atoms with E-state index in [1.807, 2.05) is 200 Å². The lowest BCUT2D eigenvalue weighted by Crippen LogP contribution is -1.99. The summed E-state index contributed by atoms with van der Waals surface area (Å²) in [5.41, 5.74) is 26.6. The van der Waals surface area contributed by atoms with Gasteiger partial charge < -0.3 is 42.7 Å². The molecule has 14 nitrogen and oxygen atoms in total. The van der Waals surface area contributed by atoms with E-state index in [4.69, 9.17) is 44.0 Å². The second-order valence-electron chi connectivity index (χ2n) is 28.7. The van der Waals surface area contributed by atoms with Crippen molar-refractivity contribution in [2.24, 2.45) is 0 Å². The molecule has 0 saturated carbocycles. The van der Waals surface area contributed by atoms with Gasteiger partial charge >= 0.3 is 23.1 Å². The molecule has 0 aliphatic heterocycles. The highest BCUT2D eigenvalue weighted by Gasteiger charge is 2.21. The molecule has 21 aromatic rings. The summed E-state index contributed by atoms with van der Waals surface area (Å²) >= 11 is 0. The maximum atomic E-state index is 9.15. The van der Waals surface area contributed by atoms with Crippen LogP contribution in [0.3, 0.4) is 0 Å². The van der Waals surface area contributed by atoms with E-state index in [1.165, 1.54) is 0 Å². The fourth-order valence-electron chi connectivity index (χ4n) is 16.0. The van der Waals surface area contributed by atoms with Gasteiger partial charge in [0.05, 0.1) is 67.3 Å². The Morgan fingerprint density at radius 3 is 0.925 bits per heavy atom. The van der Waals surface area contributed by atoms with Crippen molar-refractivity contribution in [3.8, 4) is 135 Å². The van der Waals surface area contributed by atoms with Gasteiger partial charge in [-0.1, -0.05) is 224 Å². The van der Waals surface area contributed by atoms with Crippen molar-refractivity contribution < 1.29 is 29.0 Å². The van der Waals surface area contributed by atoms with E-state index in [0.29, 0.717) is 46.1 Å². The van der Waals surface area contributed by atoms with Crippen LogP contribution in [0.25, 0.3) is 184 Å². The minimum atomic E-state index is 0.578.